The van der Waals surface area contributed by atoms with Crippen molar-refractivity contribution >= 4 is 37.5 Å². The standard InChI is InChI=1S/C23H23BrN2O5S/c1-30-20-9-6-10-21(16-20)31-14-13-25-23(27)17-26(19-8-5-7-18(24)15-19)32(28,29)22-11-3-2-4-12-22/h2-12,15-16H,13-14,17H2,1H3,(H,25,27). The van der Waals surface area contributed by atoms with E-state index in [2.05, 4.69) is 21.2 Å². The van der Waals surface area contributed by atoms with E-state index in [-0.39, 0.29) is 24.6 Å². The highest BCUT2D eigenvalue weighted by atomic mass is 79.9. The molecule has 0 heterocycles. The second-order valence-corrected chi connectivity index (χ2v) is 9.46. The lowest BCUT2D eigenvalue weighted by molar-refractivity contribution is -0.119. The quantitative estimate of drug-likeness (QED) is 0.412. The molecule has 7 nitrogen and oxygen atoms in total. The summed E-state index contributed by atoms with van der Waals surface area (Å²) < 4.78 is 39.0. The van der Waals surface area contributed by atoms with E-state index in [0.29, 0.717) is 21.7 Å². The van der Waals surface area contributed by atoms with Gasteiger partial charge in [-0.2, -0.15) is 0 Å². The maximum Gasteiger partial charge on any atom is 0.264 e. The number of carbonyl (C=O) groups excluding carboxylic acids is 1. The van der Waals surface area contributed by atoms with Crippen molar-refractivity contribution in [1.29, 1.82) is 0 Å². The van der Waals surface area contributed by atoms with Crippen LogP contribution in [0.3, 0.4) is 0 Å². The smallest absolute Gasteiger partial charge is 0.264 e. The van der Waals surface area contributed by atoms with E-state index in [0.717, 1.165) is 4.31 Å². The van der Waals surface area contributed by atoms with E-state index in [1.807, 2.05) is 0 Å². The lowest BCUT2D eigenvalue weighted by Crippen LogP contribution is -2.41. The van der Waals surface area contributed by atoms with Gasteiger partial charge in [-0.3, -0.25) is 9.10 Å². The van der Waals surface area contributed by atoms with Crippen molar-refractivity contribution in [2.45, 2.75) is 4.90 Å². The van der Waals surface area contributed by atoms with Gasteiger partial charge in [0.15, 0.2) is 0 Å². The normalized spacial score (nSPS) is 10.9. The third-order valence-corrected chi connectivity index (χ3v) is 6.73. The summed E-state index contributed by atoms with van der Waals surface area (Å²) >= 11 is 3.36. The third kappa shape index (κ3) is 6.24. The number of amides is 1. The van der Waals surface area contributed by atoms with Crippen LogP contribution in [0.25, 0.3) is 0 Å². The Kier molecular flexibility index (Phi) is 8.13. The average Bonchev–Trinajstić information content (AvgIpc) is 2.81. The zero-order valence-corrected chi connectivity index (χ0v) is 19.8. The number of ether oxygens (including phenoxy) is 2. The Hall–Kier alpha value is -3.04. The minimum atomic E-state index is -3.94. The molecule has 0 aliphatic rings. The Balaban J connectivity index is 1.67. The second kappa shape index (κ2) is 11.0. The number of carbonyl (C=O) groups is 1. The van der Waals surface area contributed by atoms with Gasteiger partial charge in [-0.25, -0.2) is 8.42 Å². The number of sulfonamides is 1. The van der Waals surface area contributed by atoms with E-state index in [9.17, 15) is 13.2 Å². The van der Waals surface area contributed by atoms with Crippen LogP contribution in [0.1, 0.15) is 0 Å². The first-order valence-electron chi connectivity index (χ1n) is 9.77. The Morgan fingerprint density at radius 3 is 2.41 bits per heavy atom. The van der Waals surface area contributed by atoms with Crippen LogP contribution in [0.4, 0.5) is 5.69 Å². The van der Waals surface area contributed by atoms with Gasteiger partial charge in [0.1, 0.15) is 24.7 Å². The van der Waals surface area contributed by atoms with Crippen molar-refractivity contribution in [2.75, 3.05) is 31.1 Å². The van der Waals surface area contributed by atoms with Gasteiger partial charge in [0.2, 0.25) is 5.91 Å². The summed E-state index contributed by atoms with van der Waals surface area (Å²) in [4.78, 5) is 12.7. The molecule has 0 saturated carbocycles. The van der Waals surface area contributed by atoms with Crippen LogP contribution in [0.2, 0.25) is 0 Å². The SMILES string of the molecule is COc1cccc(OCCNC(=O)CN(c2cccc(Br)c2)S(=O)(=O)c2ccccc2)c1. The molecule has 168 valence electrons. The molecule has 3 aromatic carbocycles. The summed E-state index contributed by atoms with van der Waals surface area (Å²) in [7, 11) is -2.37. The van der Waals surface area contributed by atoms with E-state index in [1.54, 1.807) is 73.8 Å². The number of anilines is 1. The van der Waals surface area contributed by atoms with Crippen LogP contribution in [-0.4, -0.2) is 41.1 Å². The molecular formula is C23H23BrN2O5S. The highest BCUT2D eigenvalue weighted by Crippen LogP contribution is 2.26. The lowest BCUT2D eigenvalue weighted by atomic mass is 10.3. The van der Waals surface area contributed by atoms with Crippen LogP contribution >= 0.6 is 15.9 Å². The van der Waals surface area contributed by atoms with Crippen molar-refractivity contribution in [2.24, 2.45) is 0 Å². The first kappa shape index (κ1) is 23.6. The van der Waals surface area contributed by atoms with Crippen molar-refractivity contribution < 1.29 is 22.7 Å². The van der Waals surface area contributed by atoms with Crippen LogP contribution < -0.4 is 19.1 Å². The van der Waals surface area contributed by atoms with Crippen LogP contribution in [0, 0.1) is 0 Å². The monoisotopic (exact) mass is 518 g/mol. The molecule has 0 saturated heterocycles. The second-order valence-electron chi connectivity index (χ2n) is 6.68. The van der Waals surface area contributed by atoms with Crippen LogP contribution in [0.5, 0.6) is 11.5 Å². The molecule has 0 bridgehead atoms. The summed E-state index contributed by atoms with van der Waals surface area (Å²) in [6.45, 7) is 0.0713. The molecule has 0 aliphatic carbocycles. The Morgan fingerprint density at radius 1 is 0.969 bits per heavy atom. The lowest BCUT2D eigenvalue weighted by Gasteiger charge is -2.24. The molecule has 0 fully saturated rings. The van der Waals surface area contributed by atoms with E-state index in [1.165, 1.54) is 12.1 Å². The summed E-state index contributed by atoms with van der Waals surface area (Å²) in [5.74, 6) is 0.835. The maximum absolute atomic E-state index is 13.2. The van der Waals surface area contributed by atoms with Crippen LogP contribution in [0.15, 0.2) is 88.2 Å². The number of benzene rings is 3. The predicted molar refractivity (Wildman–Crippen MR) is 127 cm³/mol. The molecule has 9 heteroatoms. The first-order chi connectivity index (χ1) is 15.4. The number of hydrogen-bond acceptors (Lipinski definition) is 5. The Bertz CT molecular complexity index is 1160. The van der Waals surface area contributed by atoms with Gasteiger partial charge in [0.25, 0.3) is 10.0 Å². The average molecular weight is 519 g/mol. The molecule has 0 atom stereocenters. The molecule has 0 aromatic heterocycles. The molecule has 1 amide bonds. The predicted octanol–water partition coefficient (Wildman–Crippen LogP) is 3.85. The van der Waals surface area contributed by atoms with Gasteiger partial charge in [0.05, 0.1) is 24.2 Å². The summed E-state index contributed by atoms with van der Waals surface area (Å²) in [6.07, 6.45) is 0. The Morgan fingerprint density at radius 2 is 1.69 bits per heavy atom. The number of nitrogens with one attached hydrogen (secondary N) is 1. The first-order valence-corrected chi connectivity index (χ1v) is 12.0. The zero-order chi connectivity index (χ0) is 23.0. The minimum Gasteiger partial charge on any atom is -0.497 e. The topological polar surface area (TPSA) is 84.9 Å². The molecule has 0 unspecified atom stereocenters. The van der Waals surface area contributed by atoms with Gasteiger partial charge in [-0.05, 0) is 42.5 Å². The largest absolute Gasteiger partial charge is 0.497 e. The molecule has 3 rings (SSSR count). The molecule has 1 N–H and O–H groups in total. The van der Waals surface area contributed by atoms with Crippen molar-refractivity contribution in [3.63, 3.8) is 0 Å². The molecule has 0 spiro atoms. The van der Waals surface area contributed by atoms with Gasteiger partial charge < -0.3 is 14.8 Å². The van der Waals surface area contributed by atoms with Gasteiger partial charge >= 0.3 is 0 Å². The summed E-state index contributed by atoms with van der Waals surface area (Å²) in [5, 5.41) is 2.71. The maximum atomic E-state index is 13.2. The zero-order valence-electron chi connectivity index (χ0n) is 17.4. The van der Waals surface area contributed by atoms with Crippen molar-refractivity contribution in [1.82, 2.24) is 5.32 Å². The molecule has 0 radical (unpaired) electrons. The van der Waals surface area contributed by atoms with E-state index < -0.39 is 15.9 Å². The van der Waals surface area contributed by atoms with Gasteiger partial charge in [-0.15, -0.1) is 0 Å². The molecular weight excluding hydrogens is 496 g/mol. The molecule has 0 aliphatic heterocycles. The fourth-order valence-corrected chi connectivity index (χ4v) is 4.72. The van der Waals surface area contributed by atoms with Crippen molar-refractivity contribution in [3.8, 4) is 11.5 Å². The number of methoxy groups -OCH3 is 1. The van der Waals surface area contributed by atoms with Gasteiger partial charge in [0, 0.05) is 10.5 Å². The Labute approximate surface area is 196 Å². The summed E-state index contributed by atoms with van der Waals surface area (Å²) in [5.41, 5.74) is 0.381. The number of hydrogen-bond donors (Lipinski definition) is 1. The van der Waals surface area contributed by atoms with E-state index in [4.69, 9.17) is 9.47 Å². The molecule has 32 heavy (non-hydrogen) atoms. The number of nitrogens with zero attached hydrogens (tertiary/aromatic N) is 1. The number of rotatable bonds is 10. The highest BCUT2D eigenvalue weighted by Gasteiger charge is 2.27. The minimum absolute atomic E-state index is 0.106. The van der Waals surface area contributed by atoms with Crippen LogP contribution in [-0.2, 0) is 14.8 Å². The fourth-order valence-electron chi connectivity index (χ4n) is 2.90. The van der Waals surface area contributed by atoms with Crippen molar-refractivity contribution in [3.05, 3.63) is 83.3 Å². The van der Waals surface area contributed by atoms with Gasteiger partial charge in [-0.1, -0.05) is 46.3 Å². The summed E-state index contributed by atoms with van der Waals surface area (Å²) in [6, 6.07) is 21.9. The highest BCUT2D eigenvalue weighted by molar-refractivity contribution is 9.10. The number of halogens is 1. The fraction of sp³-hybridized carbons (Fsp3) is 0.174. The van der Waals surface area contributed by atoms with E-state index >= 15 is 0 Å². The third-order valence-electron chi connectivity index (χ3n) is 4.45. The molecule has 3 aromatic rings.